The van der Waals surface area contributed by atoms with E-state index in [0.717, 1.165) is 27.8 Å². The molecule has 1 N–H and O–H groups in total. The molecule has 0 aliphatic heterocycles. The molecule has 1 aromatic carbocycles. The van der Waals surface area contributed by atoms with Crippen LogP contribution in [0.2, 0.25) is 0 Å². The number of hydrogen-bond donors (Lipinski definition) is 1. The van der Waals surface area contributed by atoms with Crippen molar-refractivity contribution in [3.63, 3.8) is 0 Å². The Kier molecular flexibility index (Phi) is 3.56. The SMILES string of the molecule is CNc1nc2c(C)cc(F)c(Br)c2cc1C(C)(C)C. The lowest BCUT2D eigenvalue weighted by Gasteiger charge is -2.23. The number of nitrogens with zero attached hydrogens (tertiary/aromatic N) is 1. The summed E-state index contributed by atoms with van der Waals surface area (Å²) in [6.07, 6.45) is 0. The van der Waals surface area contributed by atoms with E-state index in [4.69, 9.17) is 0 Å². The molecule has 0 amide bonds. The van der Waals surface area contributed by atoms with Gasteiger partial charge >= 0.3 is 0 Å². The van der Waals surface area contributed by atoms with Crippen LogP contribution in [-0.4, -0.2) is 12.0 Å². The number of fused-ring (bicyclic) bond motifs is 1. The van der Waals surface area contributed by atoms with Gasteiger partial charge in [0.25, 0.3) is 0 Å². The van der Waals surface area contributed by atoms with E-state index in [9.17, 15) is 4.39 Å². The normalized spacial score (nSPS) is 11.9. The number of pyridine rings is 1. The number of aryl methyl sites for hydroxylation is 1. The van der Waals surface area contributed by atoms with Gasteiger partial charge in [-0.3, -0.25) is 0 Å². The van der Waals surface area contributed by atoms with Gasteiger partial charge in [-0.25, -0.2) is 9.37 Å². The molecule has 0 atom stereocenters. The molecule has 19 heavy (non-hydrogen) atoms. The van der Waals surface area contributed by atoms with Crippen molar-refractivity contribution in [1.82, 2.24) is 4.98 Å². The smallest absolute Gasteiger partial charge is 0.138 e. The summed E-state index contributed by atoms with van der Waals surface area (Å²) in [7, 11) is 1.86. The van der Waals surface area contributed by atoms with Crippen molar-refractivity contribution in [1.29, 1.82) is 0 Å². The molecule has 1 aromatic heterocycles. The molecule has 0 radical (unpaired) electrons. The molecule has 0 aliphatic rings. The Labute approximate surface area is 121 Å². The predicted octanol–water partition coefficient (Wildman–Crippen LogP) is 4.78. The maximum Gasteiger partial charge on any atom is 0.138 e. The summed E-state index contributed by atoms with van der Waals surface area (Å²) in [4.78, 5) is 4.65. The van der Waals surface area contributed by atoms with Crippen LogP contribution in [0.25, 0.3) is 10.9 Å². The molecule has 2 rings (SSSR count). The first-order valence-electron chi connectivity index (χ1n) is 6.23. The molecule has 0 fully saturated rings. The number of anilines is 1. The van der Waals surface area contributed by atoms with Gasteiger partial charge in [-0.15, -0.1) is 0 Å². The lowest BCUT2D eigenvalue weighted by Crippen LogP contribution is -2.15. The first kappa shape index (κ1) is 14.3. The fraction of sp³-hybridized carbons (Fsp3) is 0.400. The Morgan fingerprint density at radius 3 is 2.42 bits per heavy atom. The Morgan fingerprint density at radius 2 is 1.89 bits per heavy atom. The maximum absolute atomic E-state index is 13.8. The van der Waals surface area contributed by atoms with E-state index in [0.29, 0.717) is 4.47 Å². The number of aromatic nitrogens is 1. The highest BCUT2D eigenvalue weighted by atomic mass is 79.9. The number of benzene rings is 1. The van der Waals surface area contributed by atoms with Crippen LogP contribution in [0.15, 0.2) is 16.6 Å². The van der Waals surface area contributed by atoms with Gasteiger partial charge in [0.2, 0.25) is 0 Å². The van der Waals surface area contributed by atoms with E-state index in [1.165, 1.54) is 6.07 Å². The summed E-state index contributed by atoms with van der Waals surface area (Å²) < 4.78 is 14.3. The van der Waals surface area contributed by atoms with Crippen LogP contribution in [0, 0.1) is 12.7 Å². The van der Waals surface area contributed by atoms with Gasteiger partial charge in [-0.2, -0.15) is 0 Å². The number of halogens is 2. The predicted molar refractivity (Wildman–Crippen MR) is 82.4 cm³/mol. The largest absolute Gasteiger partial charge is 0.373 e. The number of nitrogens with one attached hydrogen (secondary N) is 1. The quantitative estimate of drug-likeness (QED) is 0.816. The van der Waals surface area contributed by atoms with Crippen LogP contribution in [0.3, 0.4) is 0 Å². The fourth-order valence-corrected chi connectivity index (χ4v) is 2.61. The van der Waals surface area contributed by atoms with Gasteiger partial charge in [-0.05, 0) is 46.0 Å². The van der Waals surface area contributed by atoms with Crippen molar-refractivity contribution in [2.45, 2.75) is 33.1 Å². The molecule has 2 nitrogen and oxygen atoms in total. The second-order valence-electron chi connectivity index (χ2n) is 5.77. The van der Waals surface area contributed by atoms with Crippen LogP contribution < -0.4 is 5.32 Å². The monoisotopic (exact) mass is 324 g/mol. The Morgan fingerprint density at radius 1 is 1.26 bits per heavy atom. The third-order valence-electron chi connectivity index (χ3n) is 3.23. The molecule has 0 spiro atoms. The lowest BCUT2D eigenvalue weighted by atomic mass is 9.86. The molecule has 0 aliphatic carbocycles. The molecule has 0 saturated carbocycles. The molecular formula is C15H18BrFN2. The third-order valence-corrected chi connectivity index (χ3v) is 4.04. The lowest BCUT2D eigenvalue weighted by molar-refractivity contribution is 0.590. The summed E-state index contributed by atoms with van der Waals surface area (Å²) in [5.41, 5.74) is 2.69. The van der Waals surface area contributed by atoms with Gasteiger partial charge in [0.15, 0.2) is 0 Å². The van der Waals surface area contributed by atoms with Gasteiger partial charge in [-0.1, -0.05) is 20.8 Å². The molecule has 0 bridgehead atoms. The van der Waals surface area contributed by atoms with Gasteiger partial charge in [0.05, 0.1) is 9.99 Å². The Hall–Kier alpha value is -1.16. The minimum atomic E-state index is -0.246. The highest BCUT2D eigenvalue weighted by Crippen LogP contribution is 2.35. The molecule has 0 unspecified atom stereocenters. The van der Waals surface area contributed by atoms with Crippen molar-refractivity contribution in [2.24, 2.45) is 0 Å². The van der Waals surface area contributed by atoms with Crippen molar-refractivity contribution in [2.75, 3.05) is 12.4 Å². The van der Waals surface area contributed by atoms with Crippen LogP contribution in [0.4, 0.5) is 10.2 Å². The highest BCUT2D eigenvalue weighted by Gasteiger charge is 2.21. The van der Waals surface area contributed by atoms with Gasteiger partial charge < -0.3 is 5.32 Å². The first-order chi connectivity index (χ1) is 8.75. The number of rotatable bonds is 1. The molecule has 102 valence electrons. The van der Waals surface area contributed by atoms with E-state index in [1.54, 1.807) is 0 Å². The Bertz CT molecular complexity index is 645. The van der Waals surface area contributed by atoms with E-state index in [-0.39, 0.29) is 11.2 Å². The molecular weight excluding hydrogens is 307 g/mol. The highest BCUT2D eigenvalue weighted by molar-refractivity contribution is 9.10. The average molecular weight is 325 g/mol. The fourth-order valence-electron chi connectivity index (χ4n) is 2.19. The van der Waals surface area contributed by atoms with Crippen LogP contribution in [0.5, 0.6) is 0 Å². The van der Waals surface area contributed by atoms with Crippen molar-refractivity contribution in [3.8, 4) is 0 Å². The molecule has 2 aromatic rings. The van der Waals surface area contributed by atoms with Crippen LogP contribution in [0.1, 0.15) is 31.9 Å². The standard InChI is InChI=1S/C15H18BrFN2/c1-8-6-11(17)12(16)9-7-10(15(2,3)4)14(18-5)19-13(8)9/h6-7H,1-5H3,(H,18,19). The maximum atomic E-state index is 13.8. The first-order valence-corrected chi connectivity index (χ1v) is 7.02. The topological polar surface area (TPSA) is 24.9 Å². The van der Waals surface area contributed by atoms with Crippen LogP contribution in [-0.2, 0) is 5.41 Å². The van der Waals surface area contributed by atoms with E-state index in [1.807, 2.05) is 20.0 Å². The Balaban J connectivity index is 2.90. The minimum absolute atomic E-state index is 0.0564. The van der Waals surface area contributed by atoms with Crippen molar-refractivity contribution in [3.05, 3.63) is 33.5 Å². The summed E-state index contributed by atoms with van der Waals surface area (Å²) in [5.74, 6) is 0.602. The second kappa shape index (κ2) is 4.75. The summed E-state index contributed by atoms with van der Waals surface area (Å²) in [6.45, 7) is 8.24. The van der Waals surface area contributed by atoms with E-state index >= 15 is 0 Å². The second-order valence-corrected chi connectivity index (χ2v) is 6.56. The minimum Gasteiger partial charge on any atom is -0.373 e. The zero-order valence-corrected chi connectivity index (χ0v) is 13.4. The molecule has 1 heterocycles. The van der Waals surface area contributed by atoms with Gasteiger partial charge in [0, 0.05) is 18.0 Å². The average Bonchev–Trinajstić information content (AvgIpc) is 2.33. The van der Waals surface area contributed by atoms with Gasteiger partial charge in [0.1, 0.15) is 11.6 Å². The van der Waals surface area contributed by atoms with Crippen molar-refractivity contribution >= 4 is 32.7 Å². The van der Waals surface area contributed by atoms with Crippen LogP contribution >= 0.6 is 15.9 Å². The summed E-state index contributed by atoms with van der Waals surface area (Å²) >= 11 is 3.33. The zero-order chi connectivity index (χ0) is 14.4. The van der Waals surface area contributed by atoms with E-state index < -0.39 is 0 Å². The summed E-state index contributed by atoms with van der Waals surface area (Å²) in [5, 5.41) is 3.96. The molecule has 0 saturated heterocycles. The number of hydrogen-bond acceptors (Lipinski definition) is 2. The third kappa shape index (κ3) is 2.46. The van der Waals surface area contributed by atoms with E-state index in [2.05, 4.69) is 47.0 Å². The van der Waals surface area contributed by atoms with Crippen molar-refractivity contribution < 1.29 is 4.39 Å². The zero-order valence-electron chi connectivity index (χ0n) is 11.9. The molecule has 4 heteroatoms. The summed E-state index contributed by atoms with van der Waals surface area (Å²) in [6, 6.07) is 3.53.